The molecule has 0 atom stereocenters. The summed E-state index contributed by atoms with van der Waals surface area (Å²) < 4.78 is 54.9. The molecular formula is C20H18F2N2O3S. The highest BCUT2D eigenvalue weighted by molar-refractivity contribution is 7.92. The van der Waals surface area contributed by atoms with Crippen molar-refractivity contribution < 1.29 is 22.0 Å². The predicted molar refractivity (Wildman–Crippen MR) is 99.7 cm³/mol. The van der Waals surface area contributed by atoms with Gasteiger partial charge in [0.15, 0.2) is 0 Å². The molecule has 0 saturated heterocycles. The second-order valence-electron chi connectivity index (χ2n) is 7.83. The lowest BCUT2D eigenvalue weighted by atomic mass is 9.65. The van der Waals surface area contributed by atoms with Gasteiger partial charge < -0.3 is 5.32 Å². The molecule has 1 spiro atoms. The van der Waals surface area contributed by atoms with Crippen LogP contribution in [0.5, 0.6) is 0 Å². The Balaban J connectivity index is 1.58. The molecule has 1 aliphatic heterocycles. The SMILES string of the molecule is O=C1Nc2c(C3CC3)cc(NS(=O)(=O)c3ccc(F)cc3F)cc2C12CCC2. The van der Waals surface area contributed by atoms with Gasteiger partial charge in [-0.1, -0.05) is 6.42 Å². The van der Waals surface area contributed by atoms with Gasteiger partial charge >= 0.3 is 0 Å². The number of benzene rings is 2. The Morgan fingerprint density at radius 1 is 1.11 bits per heavy atom. The fourth-order valence-electron chi connectivity index (χ4n) is 4.24. The van der Waals surface area contributed by atoms with Crippen molar-refractivity contribution in [2.75, 3.05) is 10.0 Å². The number of anilines is 2. The van der Waals surface area contributed by atoms with Gasteiger partial charge in [0, 0.05) is 17.4 Å². The number of halogens is 2. The average Bonchev–Trinajstić information content (AvgIpc) is 3.35. The summed E-state index contributed by atoms with van der Waals surface area (Å²) in [6.45, 7) is 0. The minimum Gasteiger partial charge on any atom is -0.325 e. The number of hydrogen-bond donors (Lipinski definition) is 2. The van der Waals surface area contributed by atoms with E-state index in [1.807, 2.05) is 0 Å². The third kappa shape index (κ3) is 2.54. The summed E-state index contributed by atoms with van der Waals surface area (Å²) in [7, 11) is -4.24. The Labute approximate surface area is 161 Å². The van der Waals surface area contributed by atoms with Gasteiger partial charge in [0.05, 0.1) is 5.41 Å². The van der Waals surface area contributed by atoms with Crippen LogP contribution in [-0.2, 0) is 20.2 Å². The van der Waals surface area contributed by atoms with Crippen LogP contribution in [0.25, 0.3) is 0 Å². The zero-order chi connectivity index (χ0) is 19.7. The number of fused-ring (bicyclic) bond motifs is 2. The van der Waals surface area contributed by atoms with Crippen LogP contribution in [0, 0.1) is 11.6 Å². The Morgan fingerprint density at radius 3 is 2.46 bits per heavy atom. The van der Waals surface area contributed by atoms with Crippen LogP contribution >= 0.6 is 0 Å². The van der Waals surface area contributed by atoms with Crippen molar-refractivity contribution in [2.45, 2.75) is 48.3 Å². The quantitative estimate of drug-likeness (QED) is 0.808. The van der Waals surface area contributed by atoms with Gasteiger partial charge in [-0.15, -0.1) is 0 Å². The fourth-order valence-corrected chi connectivity index (χ4v) is 5.34. The van der Waals surface area contributed by atoms with E-state index in [-0.39, 0.29) is 11.8 Å². The van der Waals surface area contributed by atoms with E-state index in [0.717, 1.165) is 61.1 Å². The topological polar surface area (TPSA) is 75.3 Å². The molecule has 5 nitrogen and oxygen atoms in total. The molecule has 1 heterocycles. The maximum atomic E-state index is 14.0. The van der Waals surface area contributed by atoms with E-state index in [1.165, 1.54) is 0 Å². The van der Waals surface area contributed by atoms with Crippen LogP contribution in [0.3, 0.4) is 0 Å². The number of amides is 1. The van der Waals surface area contributed by atoms with Crippen LogP contribution in [-0.4, -0.2) is 14.3 Å². The van der Waals surface area contributed by atoms with Gasteiger partial charge in [-0.05, 0) is 67.0 Å². The highest BCUT2D eigenvalue weighted by atomic mass is 32.2. The lowest BCUT2D eigenvalue weighted by Gasteiger charge is -2.36. The molecule has 2 fully saturated rings. The largest absolute Gasteiger partial charge is 0.325 e. The second kappa shape index (κ2) is 5.76. The number of rotatable bonds is 4. The van der Waals surface area contributed by atoms with Gasteiger partial charge in [0.1, 0.15) is 16.5 Å². The first-order valence-electron chi connectivity index (χ1n) is 9.28. The molecule has 0 radical (unpaired) electrons. The van der Waals surface area contributed by atoms with Crippen LogP contribution in [0.1, 0.15) is 49.1 Å². The molecule has 2 aromatic rings. The van der Waals surface area contributed by atoms with Crippen molar-refractivity contribution in [3.8, 4) is 0 Å². The summed E-state index contributed by atoms with van der Waals surface area (Å²) in [6, 6.07) is 5.74. The number of sulfonamides is 1. The third-order valence-corrected chi connectivity index (χ3v) is 7.43. The molecule has 5 rings (SSSR count). The van der Waals surface area contributed by atoms with Crippen molar-refractivity contribution in [1.29, 1.82) is 0 Å². The first-order chi connectivity index (χ1) is 13.3. The number of carbonyl (C=O) groups excluding carboxylic acids is 1. The number of nitrogens with one attached hydrogen (secondary N) is 2. The molecule has 3 aliphatic rings. The summed E-state index contributed by atoms with van der Waals surface area (Å²) in [4.78, 5) is 12.0. The molecule has 0 unspecified atom stereocenters. The van der Waals surface area contributed by atoms with Crippen LogP contribution in [0.4, 0.5) is 20.2 Å². The predicted octanol–water partition coefficient (Wildman–Crippen LogP) is 4.02. The minimum absolute atomic E-state index is 0.0276. The molecule has 2 saturated carbocycles. The van der Waals surface area contributed by atoms with E-state index in [0.29, 0.717) is 11.8 Å². The van der Waals surface area contributed by atoms with Gasteiger partial charge in [0.25, 0.3) is 10.0 Å². The first-order valence-corrected chi connectivity index (χ1v) is 10.8. The Kier molecular flexibility index (Phi) is 3.62. The molecule has 8 heteroatoms. The van der Waals surface area contributed by atoms with Crippen molar-refractivity contribution in [3.63, 3.8) is 0 Å². The fraction of sp³-hybridized carbons (Fsp3) is 0.350. The molecule has 0 bridgehead atoms. The molecule has 146 valence electrons. The number of carbonyl (C=O) groups is 1. The zero-order valence-electron chi connectivity index (χ0n) is 14.9. The van der Waals surface area contributed by atoms with Crippen LogP contribution < -0.4 is 10.0 Å². The first kappa shape index (κ1) is 17.6. The molecule has 0 aromatic heterocycles. The molecule has 2 aromatic carbocycles. The second-order valence-corrected chi connectivity index (χ2v) is 9.48. The molecule has 2 aliphatic carbocycles. The lowest BCUT2D eigenvalue weighted by Crippen LogP contribution is -2.40. The molecule has 28 heavy (non-hydrogen) atoms. The smallest absolute Gasteiger partial charge is 0.264 e. The van der Waals surface area contributed by atoms with E-state index in [1.54, 1.807) is 12.1 Å². The highest BCUT2D eigenvalue weighted by Crippen LogP contribution is 2.56. The van der Waals surface area contributed by atoms with Crippen LogP contribution in [0.15, 0.2) is 35.2 Å². The zero-order valence-corrected chi connectivity index (χ0v) is 15.7. The maximum absolute atomic E-state index is 14.0. The average molecular weight is 404 g/mol. The van der Waals surface area contributed by atoms with E-state index < -0.39 is 32.0 Å². The lowest BCUT2D eigenvalue weighted by molar-refractivity contribution is -0.123. The van der Waals surface area contributed by atoms with Crippen molar-refractivity contribution in [1.82, 2.24) is 0 Å². The van der Waals surface area contributed by atoms with E-state index in [4.69, 9.17) is 0 Å². The van der Waals surface area contributed by atoms with Gasteiger partial charge in [0.2, 0.25) is 5.91 Å². The maximum Gasteiger partial charge on any atom is 0.264 e. The van der Waals surface area contributed by atoms with Gasteiger partial charge in [-0.25, -0.2) is 17.2 Å². The summed E-state index contributed by atoms with van der Waals surface area (Å²) in [5.41, 5.74) is 2.27. The summed E-state index contributed by atoms with van der Waals surface area (Å²) in [6.07, 6.45) is 4.38. The minimum atomic E-state index is -4.24. The summed E-state index contributed by atoms with van der Waals surface area (Å²) in [5.74, 6) is -1.73. The Morgan fingerprint density at radius 2 is 1.86 bits per heavy atom. The third-order valence-electron chi connectivity index (χ3n) is 6.02. The summed E-state index contributed by atoms with van der Waals surface area (Å²) >= 11 is 0. The Hall–Kier alpha value is -2.48. The van der Waals surface area contributed by atoms with E-state index >= 15 is 0 Å². The van der Waals surface area contributed by atoms with Gasteiger partial charge in [-0.2, -0.15) is 0 Å². The molecular weight excluding hydrogens is 386 g/mol. The summed E-state index contributed by atoms with van der Waals surface area (Å²) in [5, 5.41) is 3.00. The highest BCUT2D eigenvalue weighted by Gasteiger charge is 2.52. The number of hydrogen-bond acceptors (Lipinski definition) is 3. The molecule has 1 amide bonds. The van der Waals surface area contributed by atoms with Crippen molar-refractivity contribution >= 4 is 27.3 Å². The molecule has 2 N–H and O–H groups in total. The monoisotopic (exact) mass is 404 g/mol. The van der Waals surface area contributed by atoms with Crippen molar-refractivity contribution in [2.24, 2.45) is 0 Å². The van der Waals surface area contributed by atoms with E-state index in [9.17, 15) is 22.0 Å². The normalized spacial score (nSPS) is 19.9. The van der Waals surface area contributed by atoms with Crippen molar-refractivity contribution in [3.05, 3.63) is 53.1 Å². The standard InChI is InChI=1S/C20H18F2N2O3S/c21-12-4-5-17(16(22)8-12)28(26,27)24-13-9-14(11-2-3-11)18-15(10-13)20(6-1-7-20)19(25)23-18/h4-5,8-11,24H,1-3,6-7H2,(H,23,25). The van der Waals surface area contributed by atoms with Crippen LogP contribution in [0.2, 0.25) is 0 Å². The van der Waals surface area contributed by atoms with Gasteiger partial charge in [-0.3, -0.25) is 9.52 Å². The van der Waals surface area contributed by atoms with E-state index in [2.05, 4.69) is 10.0 Å². The Bertz CT molecular complexity index is 1120.